The number of carbonyl (C=O) groups excluding carboxylic acids is 2. The average Bonchev–Trinajstić information content (AvgIpc) is 2.96. The molecule has 0 saturated carbocycles. The molecule has 1 aliphatic heterocycles. The summed E-state index contributed by atoms with van der Waals surface area (Å²) in [5.74, 6) is 0.133. The summed E-state index contributed by atoms with van der Waals surface area (Å²) in [6, 6.07) is 8.20. The Morgan fingerprint density at radius 3 is 2.35 bits per heavy atom. The Morgan fingerprint density at radius 2 is 1.78 bits per heavy atom. The van der Waals surface area contributed by atoms with Gasteiger partial charge in [0, 0.05) is 25.4 Å². The van der Waals surface area contributed by atoms with Gasteiger partial charge in [0.25, 0.3) is 0 Å². The van der Waals surface area contributed by atoms with Gasteiger partial charge in [-0.2, -0.15) is 0 Å². The number of hydrogen-bond donors (Lipinski definition) is 0. The third-order valence-corrected chi connectivity index (χ3v) is 4.10. The summed E-state index contributed by atoms with van der Waals surface area (Å²) >= 11 is 0. The van der Waals surface area contributed by atoms with Gasteiger partial charge in [0.15, 0.2) is 0 Å². The second-order valence-electron chi connectivity index (χ2n) is 7.23. The molecule has 2 rings (SSSR count). The lowest BCUT2D eigenvalue weighted by Crippen LogP contribution is -2.36. The summed E-state index contributed by atoms with van der Waals surface area (Å²) in [6.45, 7) is 8.74. The number of hydrogen-bond acceptors (Lipinski definition) is 3. The number of rotatable bonds is 4. The molecule has 4 nitrogen and oxygen atoms in total. The number of ketones is 1. The maximum atomic E-state index is 12.4. The van der Waals surface area contributed by atoms with Gasteiger partial charge in [0.1, 0.15) is 11.4 Å². The van der Waals surface area contributed by atoms with E-state index in [1.165, 1.54) is 5.56 Å². The van der Waals surface area contributed by atoms with Crippen LogP contribution in [0.15, 0.2) is 24.3 Å². The molecule has 1 heterocycles. The Kier molecular flexibility index (Phi) is 5.45. The number of nitrogens with zero attached hydrogens (tertiary/aromatic N) is 1. The quantitative estimate of drug-likeness (QED) is 0.852. The highest BCUT2D eigenvalue weighted by atomic mass is 16.6. The van der Waals surface area contributed by atoms with Crippen LogP contribution in [0.1, 0.15) is 45.2 Å². The molecule has 1 aromatic carbocycles. The molecular formula is C19H27NO3. The van der Waals surface area contributed by atoms with Gasteiger partial charge in [-0.1, -0.05) is 31.2 Å². The van der Waals surface area contributed by atoms with Gasteiger partial charge in [-0.15, -0.1) is 0 Å². The first kappa shape index (κ1) is 17.5. The second kappa shape index (κ2) is 7.16. The van der Waals surface area contributed by atoms with Crippen LogP contribution in [-0.2, 0) is 22.4 Å². The van der Waals surface area contributed by atoms with Crippen LogP contribution in [0, 0.1) is 5.92 Å². The zero-order valence-electron chi connectivity index (χ0n) is 14.6. The predicted molar refractivity (Wildman–Crippen MR) is 90.4 cm³/mol. The Hall–Kier alpha value is -1.84. The number of amides is 1. The van der Waals surface area contributed by atoms with Crippen molar-refractivity contribution in [2.45, 2.75) is 52.6 Å². The molecular weight excluding hydrogens is 290 g/mol. The molecule has 23 heavy (non-hydrogen) atoms. The summed E-state index contributed by atoms with van der Waals surface area (Å²) < 4.78 is 5.37. The molecule has 0 bridgehead atoms. The first-order valence-corrected chi connectivity index (χ1v) is 8.37. The van der Waals surface area contributed by atoms with Crippen molar-refractivity contribution in [1.29, 1.82) is 0 Å². The van der Waals surface area contributed by atoms with E-state index in [0.29, 0.717) is 19.5 Å². The molecule has 0 spiro atoms. The minimum Gasteiger partial charge on any atom is -0.444 e. The first-order chi connectivity index (χ1) is 10.8. The fourth-order valence-electron chi connectivity index (χ4n) is 2.75. The molecule has 126 valence electrons. The van der Waals surface area contributed by atoms with Crippen molar-refractivity contribution in [3.8, 4) is 0 Å². The Morgan fingerprint density at radius 1 is 1.17 bits per heavy atom. The van der Waals surface area contributed by atoms with Gasteiger partial charge in [0.2, 0.25) is 0 Å². The van der Waals surface area contributed by atoms with Crippen LogP contribution < -0.4 is 0 Å². The summed E-state index contributed by atoms with van der Waals surface area (Å²) in [4.78, 5) is 26.1. The molecule has 1 unspecified atom stereocenters. The van der Waals surface area contributed by atoms with Crippen LogP contribution in [0.5, 0.6) is 0 Å². The number of aryl methyl sites for hydroxylation is 1. The Balaban J connectivity index is 1.88. The minimum absolute atomic E-state index is 0.0756. The topological polar surface area (TPSA) is 46.6 Å². The van der Waals surface area contributed by atoms with Gasteiger partial charge in [-0.25, -0.2) is 4.79 Å². The van der Waals surface area contributed by atoms with Crippen molar-refractivity contribution in [2.24, 2.45) is 5.92 Å². The van der Waals surface area contributed by atoms with Crippen LogP contribution in [0.3, 0.4) is 0 Å². The summed E-state index contributed by atoms with van der Waals surface area (Å²) in [5.41, 5.74) is 1.82. The van der Waals surface area contributed by atoms with Crippen LogP contribution in [0.4, 0.5) is 4.79 Å². The lowest BCUT2D eigenvalue weighted by molar-refractivity contribution is -0.121. The molecule has 1 saturated heterocycles. The van der Waals surface area contributed by atoms with Crippen LogP contribution in [0.25, 0.3) is 0 Å². The van der Waals surface area contributed by atoms with Crippen molar-refractivity contribution in [3.63, 3.8) is 0 Å². The zero-order chi connectivity index (χ0) is 17.0. The predicted octanol–water partition coefficient (Wildman–Crippen LogP) is 3.62. The van der Waals surface area contributed by atoms with Crippen molar-refractivity contribution in [2.75, 3.05) is 13.1 Å². The van der Waals surface area contributed by atoms with Gasteiger partial charge in [-0.05, 0) is 44.7 Å². The number of Topliss-reactive ketones (excluding diaryl/α,β-unsaturated/α-hetero) is 1. The molecule has 0 N–H and O–H groups in total. The first-order valence-electron chi connectivity index (χ1n) is 8.37. The highest BCUT2D eigenvalue weighted by Crippen LogP contribution is 2.21. The third-order valence-electron chi connectivity index (χ3n) is 4.10. The van der Waals surface area contributed by atoms with E-state index in [1.54, 1.807) is 4.90 Å². The van der Waals surface area contributed by atoms with Crippen molar-refractivity contribution in [3.05, 3.63) is 35.4 Å². The fourth-order valence-corrected chi connectivity index (χ4v) is 2.75. The zero-order valence-corrected chi connectivity index (χ0v) is 14.6. The average molecular weight is 317 g/mol. The van der Waals surface area contributed by atoms with E-state index in [9.17, 15) is 9.59 Å². The number of carbonyl (C=O) groups is 2. The second-order valence-corrected chi connectivity index (χ2v) is 7.23. The van der Waals surface area contributed by atoms with Crippen LogP contribution >= 0.6 is 0 Å². The lowest BCUT2D eigenvalue weighted by atomic mass is 9.96. The summed E-state index contributed by atoms with van der Waals surface area (Å²) in [7, 11) is 0. The van der Waals surface area contributed by atoms with E-state index in [1.807, 2.05) is 32.9 Å². The molecule has 4 heteroatoms. The molecule has 0 aromatic heterocycles. The standard InChI is InChI=1S/C19H27NO3/c1-5-14-6-8-15(9-7-14)12-17(21)16-10-11-20(13-16)18(22)23-19(2,3)4/h6-9,16H,5,10-13H2,1-4H3. The normalized spacial score (nSPS) is 18.1. The van der Waals surface area contributed by atoms with Gasteiger partial charge >= 0.3 is 6.09 Å². The SMILES string of the molecule is CCc1ccc(CC(=O)C2CCN(C(=O)OC(C)(C)C)C2)cc1. The maximum Gasteiger partial charge on any atom is 0.410 e. The monoisotopic (exact) mass is 317 g/mol. The molecule has 1 aromatic rings. The maximum absolute atomic E-state index is 12.4. The molecule has 0 radical (unpaired) electrons. The van der Waals surface area contributed by atoms with E-state index in [0.717, 1.165) is 18.4 Å². The van der Waals surface area contributed by atoms with E-state index in [-0.39, 0.29) is 17.8 Å². The van der Waals surface area contributed by atoms with Crippen molar-refractivity contribution in [1.82, 2.24) is 4.90 Å². The molecule has 0 aliphatic carbocycles. The van der Waals surface area contributed by atoms with E-state index in [4.69, 9.17) is 4.74 Å². The Labute approximate surface area is 138 Å². The van der Waals surface area contributed by atoms with E-state index < -0.39 is 5.60 Å². The van der Waals surface area contributed by atoms with Crippen LogP contribution in [0.2, 0.25) is 0 Å². The Bertz CT molecular complexity index is 557. The van der Waals surface area contributed by atoms with E-state index >= 15 is 0 Å². The largest absolute Gasteiger partial charge is 0.444 e. The number of ether oxygens (including phenoxy) is 1. The smallest absolute Gasteiger partial charge is 0.410 e. The summed E-state index contributed by atoms with van der Waals surface area (Å²) in [6.07, 6.45) is 1.85. The highest BCUT2D eigenvalue weighted by molar-refractivity contribution is 5.84. The van der Waals surface area contributed by atoms with Gasteiger partial charge < -0.3 is 9.64 Å². The van der Waals surface area contributed by atoms with Gasteiger partial charge in [0.05, 0.1) is 0 Å². The number of benzene rings is 1. The van der Waals surface area contributed by atoms with Gasteiger partial charge in [-0.3, -0.25) is 4.79 Å². The minimum atomic E-state index is -0.500. The number of likely N-dealkylation sites (tertiary alicyclic amines) is 1. The third kappa shape index (κ3) is 5.08. The van der Waals surface area contributed by atoms with Crippen LogP contribution in [-0.4, -0.2) is 35.5 Å². The highest BCUT2D eigenvalue weighted by Gasteiger charge is 2.33. The molecule has 1 aliphatic rings. The summed E-state index contributed by atoms with van der Waals surface area (Å²) in [5, 5.41) is 0. The van der Waals surface area contributed by atoms with Crippen molar-refractivity contribution < 1.29 is 14.3 Å². The molecule has 1 fully saturated rings. The lowest BCUT2D eigenvalue weighted by Gasteiger charge is -2.24. The molecule has 1 amide bonds. The molecule has 1 atom stereocenters. The van der Waals surface area contributed by atoms with Crippen molar-refractivity contribution >= 4 is 11.9 Å². The van der Waals surface area contributed by atoms with E-state index in [2.05, 4.69) is 19.1 Å². The fraction of sp³-hybridized carbons (Fsp3) is 0.579.